The quantitative estimate of drug-likeness (QED) is 0.197. The number of unbranched alkanes of at least 4 members (excludes halogenated alkanes) is 12. The lowest BCUT2D eigenvalue weighted by Crippen LogP contribution is -2.07. The molecule has 0 rings (SSSR count). The molecule has 0 radical (unpaired) electrons. The molecule has 142 valence electrons. The summed E-state index contributed by atoms with van der Waals surface area (Å²) in [7, 11) is 0. The standard InChI is InChI=1S/C22H42O2/c1-4-5-6-7-8-9-10-11-12-13-14-15-16-17-19-23-20-18-21-24-22(2)3/h1,22H,5-21H2,2-3H3. The molecule has 0 bridgehead atoms. The van der Waals surface area contributed by atoms with Gasteiger partial charge in [-0.05, 0) is 33.1 Å². The van der Waals surface area contributed by atoms with Crippen molar-refractivity contribution in [2.45, 2.75) is 110 Å². The van der Waals surface area contributed by atoms with Gasteiger partial charge in [0, 0.05) is 26.2 Å². The van der Waals surface area contributed by atoms with Crippen LogP contribution < -0.4 is 0 Å². The van der Waals surface area contributed by atoms with Gasteiger partial charge < -0.3 is 9.47 Å². The minimum atomic E-state index is 0.337. The number of ether oxygens (including phenoxy) is 2. The van der Waals surface area contributed by atoms with Gasteiger partial charge in [-0.2, -0.15) is 0 Å². The highest BCUT2D eigenvalue weighted by atomic mass is 16.5. The normalized spacial score (nSPS) is 11.1. The molecule has 0 atom stereocenters. The fourth-order valence-electron chi connectivity index (χ4n) is 2.78. The highest BCUT2D eigenvalue weighted by Gasteiger charge is 1.95. The van der Waals surface area contributed by atoms with Gasteiger partial charge in [-0.3, -0.25) is 0 Å². The minimum Gasteiger partial charge on any atom is -0.381 e. The lowest BCUT2D eigenvalue weighted by Gasteiger charge is -2.07. The van der Waals surface area contributed by atoms with E-state index >= 15 is 0 Å². The summed E-state index contributed by atoms with van der Waals surface area (Å²) >= 11 is 0. The van der Waals surface area contributed by atoms with Crippen LogP contribution in [0.25, 0.3) is 0 Å². The summed E-state index contributed by atoms with van der Waals surface area (Å²) in [6, 6.07) is 0. The van der Waals surface area contributed by atoms with Crippen molar-refractivity contribution in [3.63, 3.8) is 0 Å². The van der Waals surface area contributed by atoms with E-state index in [9.17, 15) is 0 Å². The van der Waals surface area contributed by atoms with Gasteiger partial charge in [0.25, 0.3) is 0 Å². The van der Waals surface area contributed by atoms with E-state index < -0.39 is 0 Å². The maximum atomic E-state index is 5.63. The van der Waals surface area contributed by atoms with Crippen LogP contribution in [-0.4, -0.2) is 25.9 Å². The smallest absolute Gasteiger partial charge is 0.0518 e. The van der Waals surface area contributed by atoms with Crippen molar-refractivity contribution in [2.24, 2.45) is 0 Å². The van der Waals surface area contributed by atoms with Crippen LogP contribution in [-0.2, 0) is 9.47 Å². The zero-order valence-electron chi connectivity index (χ0n) is 16.5. The van der Waals surface area contributed by atoms with Crippen molar-refractivity contribution in [3.05, 3.63) is 0 Å². The van der Waals surface area contributed by atoms with Gasteiger partial charge in [-0.15, -0.1) is 12.3 Å². The molecule has 0 N–H and O–H groups in total. The molecule has 0 aliphatic carbocycles. The zero-order valence-corrected chi connectivity index (χ0v) is 16.5. The van der Waals surface area contributed by atoms with Crippen LogP contribution >= 0.6 is 0 Å². The van der Waals surface area contributed by atoms with Crippen LogP contribution in [0.1, 0.15) is 104 Å². The zero-order chi connectivity index (χ0) is 17.7. The Morgan fingerprint density at radius 1 is 0.625 bits per heavy atom. The fraction of sp³-hybridized carbons (Fsp3) is 0.909. The van der Waals surface area contributed by atoms with Gasteiger partial charge >= 0.3 is 0 Å². The molecule has 0 aliphatic heterocycles. The summed E-state index contributed by atoms with van der Waals surface area (Å²) in [6.07, 6.45) is 23.8. The Kier molecular flexibility index (Phi) is 20.1. The largest absolute Gasteiger partial charge is 0.381 e. The molecular weight excluding hydrogens is 296 g/mol. The molecule has 0 fully saturated rings. The number of hydrogen-bond acceptors (Lipinski definition) is 2. The average molecular weight is 339 g/mol. The van der Waals surface area contributed by atoms with Crippen molar-refractivity contribution in [3.8, 4) is 12.3 Å². The lowest BCUT2D eigenvalue weighted by atomic mass is 10.0. The topological polar surface area (TPSA) is 18.5 Å². The molecule has 24 heavy (non-hydrogen) atoms. The molecule has 0 aromatic rings. The lowest BCUT2D eigenvalue weighted by molar-refractivity contribution is 0.0507. The van der Waals surface area contributed by atoms with Crippen molar-refractivity contribution in [1.29, 1.82) is 0 Å². The number of rotatable bonds is 19. The predicted octanol–water partition coefficient (Wildman–Crippen LogP) is 6.52. The average Bonchev–Trinajstić information content (AvgIpc) is 2.56. The van der Waals surface area contributed by atoms with E-state index in [1.807, 2.05) is 0 Å². The van der Waals surface area contributed by atoms with E-state index in [1.54, 1.807) is 0 Å². The van der Waals surface area contributed by atoms with Crippen molar-refractivity contribution < 1.29 is 9.47 Å². The second-order valence-electron chi connectivity index (χ2n) is 7.08. The molecule has 0 spiro atoms. The van der Waals surface area contributed by atoms with E-state index in [1.165, 1.54) is 77.0 Å². The summed E-state index contributed by atoms with van der Waals surface area (Å²) < 4.78 is 11.1. The fourth-order valence-corrected chi connectivity index (χ4v) is 2.78. The van der Waals surface area contributed by atoms with Gasteiger partial charge in [0.15, 0.2) is 0 Å². The van der Waals surface area contributed by atoms with Crippen LogP contribution in [0.5, 0.6) is 0 Å². The van der Waals surface area contributed by atoms with Crippen LogP contribution in [0.4, 0.5) is 0 Å². The van der Waals surface area contributed by atoms with Crippen LogP contribution in [0.2, 0.25) is 0 Å². The van der Waals surface area contributed by atoms with E-state index in [0.717, 1.165) is 32.7 Å². The second-order valence-corrected chi connectivity index (χ2v) is 7.08. The number of terminal acetylenes is 1. The van der Waals surface area contributed by atoms with Crippen LogP contribution in [0.3, 0.4) is 0 Å². The van der Waals surface area contributed by atoms with Gasteiger partial charge in [0.1, 0.15) is 0 Å². The van der Waals surface area contributed by atoms with E-state index in [-0.39, 0.29) is 0 Å². The molecular formula is C22H42O2. The number of hydrogen-bond donors (Lipinski definition) is 0. The molecule has 0 heterocycles. The summed E-state index contributed by atoms with van der Waals surface area (Å²) in [6.45, 7) is 6.73. The maximum Gasteiger partial charge on any atom is 0.0518 e. The first kappa shape index (κ1) is 23.5. The van der Waals surface area contributed by atoms with Gasteiger partial charge in [-0.1, -0.05) is 64.2 Å². The molecule has 0 saturated heterocycles. The molecule has 2 nitrogen and oxygen atoms in total. The van der Waals surface area contributed by atoms with Crippen LogP contribution in [0, 0.1) is 12.3 Å². The SMILES string of the molecule is C#CCCCCCCCCCCCCCCOCCCOC(C)C. The van der Waals surface area contributed by atoms with Crippen molar-refractivity contribution in [2.75, 3.05) is 19.8 Å². The Morgan fingerprint density at radius 3 is 1.58 bits per heavy atom. The van der Waals surface area contributed by atoms with E-state index in [2.05, 4.69) is 19.8 Å². The summed E-state index contributed by atoms with van der Waals surface area (Å²) in [5.74, 6) is 2.71. The third kappa shape index (κ3) is 21.5. The highest BCUT2D eigenvalue weighted by molar-refractivity contribution is 4.82. The Bertz CT molecular complexity index is 268. The molecule has 0 aromatic carbocycles. The van der Waals surface area contributed by atoms with Gasteiger partial charge in [0.05, 0.1) is 6.10 Å². The Balaban J connectivity index is 2.97. The summed E-state index contributed by atoms with van der Waals surface area (Å²) in [5.41, 5.74) is 0. The molecule has 0 saturated carbocycles. The third-order valence-electron chi connectivity index (χ3n) is 4.24. The molecule has 2 heteroatoms. The molecule has 0 unspecified atom stereocenters. The Hall–Kier alpha value is -0.520. The first-order valence-corrected chi connectivity index (χ1v) is 10.4. The van der Waals surface area contributed by atoms with E-state index in [0.29, 0.717) is 6.10 Å². The summed E-state index contributed by atoms with van der Waals surface area (Å²) in [5, 5.41) is 0. The van der Waals surface area contributed by atoms with E-state index in [4.69, 9.17) is 15.9 Å². The summed E-state index contributed by atoms with van der Waals surface area (Å²) in [4.78, 5) is 0. The second kappa shape index (κ2) is 20.5. The molecule has 0 aromatic heterocycles. The van der Waals surface area contributed by atoms with Crippen molar-refractivity contribution >= 4 is 0 Å². The van der Waals surface area contributed by atoms with Gasteiger partial charge in [-0.25, -0.2) is 0 Å². The Morgan fingerprint density at radius 2 is 1.08 bits per heavy atom. The first-order chi connectivity index (χ1) is 11.8. The third-order valence-corrected chi connectivity index (χ3v) is 4.24. The monoisotopic (exact) mass is 338 g/mol. The van der Waals surface area contributed by atoms with Crippen LogP contribution in [0.15, 0.2) is 0 Å². The highest BCUT2D eigenvalue weighted by Crippen LogP contribution is 2.12. The maximum absolute atomic E-state index is 5.63. The predicted molar refractivity (Wildman–Crippen MR) is 105 cm³/mol. The Labute approximate surface area is 152 Å². The molecule has 0 amide bonds. The minimum absolute atomic E-state index is 0.337. The first-order valence-electron chi connectivity index (χ1n) is 10.4. The van der Waals surface area contributed by atoms with Gasteiger partial charge in [0.2, 0.25) is 0 Å². The van der Waals surface area contributed by atoms with Crippen molar-refractivity contribution in [1.82, 2.24) is 0 Å². The molecule has 0 aliphatic rings.